The van der Waals surface area contributed by atoms with Gasteiger partial charge in [-0.25, -0.2) is 0 Å². The van der Waals surface area contributed by atoms with E-state index in [1.54, 1.807) is 4.90 Å². The van der Waals surface area contributed by atoms with Crippen LogP contribution in [0.1, 0.15) is 37.9 Å². The molecule has 0 bridgehead atoms. The average Bonchev–Trinajstić information content (AvgIpc) is 2.87. The molecule has 0 radical (unpaired) electrons. The zero-order valence-corrected chi connectivity index (χ0v) is 14.0. The van der Waals surface area contributed by atoms with Gasteiger partial charge in [0.05, 0.1) is 5.92 Å². The van der Waals surface area contributed by atoms with Gasteiger partial charge in [-0.3, -0.25) is 9.59 Å². The second kappa shape index (κ2) is 7.54. The monoisotopic (exact) mass is 323 g/mol. The van der Waals surface area contributed by atoms with Gasteiger partial charge in [0, 0.05) is 44.9 Å². The molecule has 1 aromatic heterocycles. The molecule has 2 N–H and O–H groups in total. The van der Waals surface area contributed by atoms with E-state index in [2.05, 4.69) is 10.1 Å². The van der Waals surface area contributed by atoms with Crippen molar-refractivity contribution in [3.8, 4) is 0 Å². The van der Waals surface area contributed by atoms with E-state index in [1.165, 1.54) is 0 Å². The topological polar surface area (TPSA) is 106 Å². The smallest absolute Gasteiger partial charge is 0.227 e. The van der Waals surface area contributed by atoms with Crippen molar-refractivity contribution in [3.63, 3.8) is 0 Å². The molecule has 23 heavy (non-hydrogen) atoms. The second-order valence-electron chi connectivity index (χ2n) is 6.40. The third-order valence-electron chi connectivity index (χ3n) is 4.03. The summed E-state index contributed by atoms with van der Waals surface area (Å²) in [5.74, 6) is 0.604. The van der Waals surface area contributed by atoms with Crippen LogP contribution in [-0.2, 0) is 16.0 Å². The van der Waals surface area contributed by atoms with Gasteiger partial charge in [-0.15, -0.1) is 0 Å². The summed E-state index contributed by atoms with van der Waals surface area (Å²) in [5, 5.41) is 3.89. The predicted octanol–water partition coefficient (Wildman–Crippen LogP) is 0.00110. The molecule has 1 aromatic rings. The molecule has 0 aliphatic carbocycles. The van der Waals surface area contributed by atoms with Gasteiger partial charge in [0.2, 0.25) is 17.7 Å². The zero-order chi connectivity index (χ0) is 17.0. The Bertz CT molecular complexity index is 557. The summed E-state index contributed by atoms with van der Waals surface area (Å²) in [5.41, 5.74) is 5.42. The molecule has 1 saturated heterocycles. The second-order valence-corrected chi connectivity index (χ2v) is 6.40. The first kappa shape index (κ1) is 17.4. The summed E-state index contributed by atoms with van der Waals surface area (Å²) < 4.78 is 5.15. The minimum absolute atomic E-state index is 0.0177. The lowest BCUT2D eigenvalue weighted by molar-refractivity contribution is -0.132. The van der Waals surface area contributed by atoms with E-state index in [4.69, 9.17) is 10.3 Å². The Morgan fingerprint density at radius 1 is 1.35 bits per heavy atom. The van der Waals surface area contributed by atoms with Crippen LogP contribution in [-0.4, -0.2) is 65.0 Å². The molecular weight excluding hydrogens is 298 g/mol. The molecule has 1 fully saturated rings. The standard InChI is InChI=1S/C15H25N5O3/c1-10(2)15-17-12(23-18-15)4-5-13(21)20-7-6-19(3)8-11(9-20)14(16)22/h10-11H,4-9H2,1-3H3,(H2,16,22)/t11-/m0/s1. The van der Waals surface area contributed by atoms with Gasteiger partial charge < -0.3 is 20.1 Å². The van der Waals surface area contributed by atoms with Crippen molar-refractivity contribution in [1.29, 1.82) is 0 Å². The molecule has 0 aromatic carbocycles. The SMILES string of the molecule is CC(C)c1noc(CCC(=O)N2CCN(C)C[C@H](C(N)=O)C2)n1. The van der Waals surface area contributed by atoms with Gasteiger partial charge >= 0.3 is 0 Å². The Kier molecular flexibility index (Phi) is 5.70. The van der Waals surface area contributed by atoms with Crippen LogP contribution in [0.25, 0.3) is 0 Å². The first-order valence-electron chi connectivity index (χ1n) is 7.95. The fraction of sp³-hybridized carbons (Fsp3) is 0.733. The average molecular weight is 323 g/mol. The van der Waals surface area contributed by atoms with E-state index >= 15 is 0 Å². The number of carbonyl (C=O) groups excluding carboxylic acids is 2. The predicted molar refractivity (Wildman–Crippen MR) is 83.5 cm³/mol. The number of rotatable bonds is 5. The summed E-state index contributed by atoms with van der Waals surface area (Å²) in [4.78, 5) is 31.9. The molecule has 2 amide bonds. The summed E-state index contributed by atoms with van der Waals surface area (Å²) >= 11 is 0. The number of nitrogens with zero attached hydrogens (tertiary/aromatic N) is 4. The van der Waals surface area contributed by atoms with Crippen molar-refractivity contribution in [2.24, 2.45) is 11.7 Å². The minimum atomic E-state index is -0.366. The first-order valence-corrected chi connectivity index (χ1v) is 7.95. The summed E-state index contributed by atoms with van der Waals surface area (Å²) in [6.45, 7) is 6.25. The summed E-state index contributed by atoms with van der Waals surface area (Å²) in [6.07, 6.45) is 0.695. The number of amides is 2. The maximum Gasteiger partial charge on any atom is 0.227 e. The van der Waals surface area contributed by atoms with Crippen LogP contribution >= 0.6 is 0 Å². The molecule has 1 aliphatic heterocycles. The zero-order valence-electron chi connectivity index (χ0n) is 14.0. The van der Waals surface area contributed by atoms with Crippen molar-refractivity contribution in [2.45, 2.75) is 32.6 Å². The number of primary amides is 1. The van der Waals surface area contributed by atoms with Crippen LogP contribution in [0.15, 0.2) is 4.52 Å². The van der Waals surface area contributed by atoms with Crippen molar-refractivity contribution >= 4 is 11.8 Å². The van der Waals surface area contributed by atoms with E-state index < -0.39 is 0 Å². The van der Waals surface area contributed by atoms with Crippen LogP contribution < -0.4 is 5.73 Å². The Balaban J connectivity index is 1.91. The van der Waals surface area contributed by atoms with Crippen LogP contribution in [0.3, 0.4) is 0 Å². The highest BCUT2D eigenvalue weighted by Crippen LogP contribution is 2.13. The van der Waals surface area contributed by atoms with E-state index in [9.17, 15) is 9.59 Å². The fourth-order valence-corrected chi connectivity index (χ4v) is 2.56. The van der Waals surface area contributed by atoms with Crippen LogP contribution in [0.5, 0.6) is 0 Å². The molecule has 8 heteroatoms. The molecule has 2 rings (SSSR count). The molecule has 8 nitrogen and oxygen atoms in total. The fourth-order valence-electron chi connectivity index (χ4n) is 2.56. The number of likely N-dealkylation sites (N-methyl/N-ethyl adjacent to an activating group) is 1. The largest absolute Gasteiger partial charge is 0.369 e. The molecule has 1 atom stereocenters. The van der Waals surface area contributed by atoms with Gasteiger partial charge in [0.15, 0.2) is 5.82 Å². The Labute approximate surface area is 136 Å². The van der Waals surface area contributed by atoms with E-state index in [1.807, 2.05) is 25.8 Å². The highest BCUT2D eigenvalue weighted by molar-refractivity contribution is 5.80. The normalized spacial score (nSPS) is 19.8. The first-order chi connectivity index (χ1) is 10.9. The van der Waals surface area contributed by atoms with E-state index in [-0.39, 0.29) is 30.1 Å². The molecule has 0 unspecified atom stereocenters. The third-order valence-corrected chi connectivity index (χ3v) is 4.03. The minimum Gasteiger partial charge on any atom is -0.369 e. The Hall–Kier alpha value is -1.96. The molecule has 2 heterocycles. The third kappa shape index (κ3) is 4.75. The quantitative estimate of drug-likeness (QED) is 0.817. The van der Waals surface area contributed by atoms with Gasteiger partial charge in [-0.1, -0.05) is 19.0 Å². The molecule has 128 valence electrons. The highest BCUT2D eigenvalue weighted by Gasteiger charge is 2.27. The van der Waals surface area contributed by atoms with Crippen LogP contribution in [0.4, 0.5) is 0 Å². The van der Waals surface area contributed by atoms with Crippen LogP contribution in [0.2, 0.25) is 0 Å². The van der Waals surface area contributed by atoms with Crippen LogP contribution in [0, 0.1) is 5.92 Å². The maximum absolute atomic E-state index is 12.4. The van der Waals surface area contributed by atoms with Gasteiger partial charge in [0.25, 0.3) is 0 Å². The number of hydrogen-bond acceptors (Lipinski definition) is 6. The number of aryl methyl sites for hydroxylation is 1. The molecule has 1 aliphatic rings. The summed E-state index contributed by atoms with van der Waals surface area (Å²) in [6, 6.07) is 0. The van der Waals surface area contributed by atoms with E-state index in [0.29, 0.717) is 37.8 Å². The number of nitrogens with two attached hydrogens (primary N) is 1. The lowest BCUT2D eigenvalue weighted by atomic mass is 10.1. The van der Waals surface area contributed by atoms with Crippen molar-refractivity contribution in [1.82, 2.24) is 19.9 Å². The molecule has 0 spiro atoms. The maximum atomic E-state index is 12.4. The van der Waals surface area contributed by atoms with Crippen molar-refractivity contribution < 1.29 is 14.1 Å². The highest BCUT2D eigenvalue weighted by atomic mass is 16.5. The lowest BCUT2D eigenvalue weighted by Crippen LogP contribution is -2.40. The Morgan fingerprint density at radius 3 is 2.70 bits per heavy atom. The summed E-state index contributed by atoms with van der Waals surface area (Å²) in [7, 11) is 1.93. The lowest BCUT2D eigenvalue weighted by Gasteiger charge is -2.22. The number of carbonyl (C=O) groups is 2. The van der Waals surface area contributed by atoms with E-state index in [0.717, 1.165) is 6.54 Å². The number of aromatic nitrogens is 2. The van der Waals surface area contributed by atoms with Crippen molar-refractivity contribution in [3.05, 3.63) is 11.7 Å². The molecule has 0 saturated carbocycles. The van der Waals surface area contributed by atoms with Crippen molar-refractivity contribution in [2.75, 3.05) is 33.2 Å². The van der Waals surface area contributed by atoms with Gasteiger partial charge in [-0.2, -0.15) is 4.98 Å². The Morgan fingerprint density at radius 2 is 2.09 bits per heavy atom. The number of hydrogen-bond donors (Lipinski definition) is 1. The van der Waals surface area contributed by atoms with Gasteiger partial charge in [0.1, 0.15) is 0 Å². The van der Waals surface area contributed by atoms with Gasteiger partial charge in [-0.05, 0) is 7.05 Å². The molecular formula is C15H25N5O3.